The van der Waals surface area contributed by atoms with Crippen LogP contribution in [0.25, 0.3) is 0 Å². The molecule has 0 saturated carbocycles. The minimum atomic E-state index is -1.42. The zero-order valence-corrected chi connectivity index (χ0v) is 13.1. The van der Waals surface area contributed by atoms with Gasteiger partial charge < -0.3 is 11.1 Å². The molecule has 0 aromatic heterocycles. The van der Waals surface area contributed by atoms with E-state index in [-0.39, 0.29) is 12.2 Å². The molecule has 120 valence electrons. The average Bonchev–Trinajstić information content (AvgIpc) is 2.46. The highest BCUT2D eigenvalue weighted by Gasteiger charge is 2.27. The monoisotopic (exact) mass is 385 g/mol. The number of rotatable bonds is 4. The van der Waals surface area contributed by atoms with Crippen molar-refractivity contribution in [3.63, 3.8) is 0 Å². The predicted molar refractivity (Wildman–Crippen MR) is 83.0 cm³/mol. The molecule has 0 saturated heterocycles. The first-order chi connectivity index (χ1) is 10.8. The molecule has 9 heteroatoms. The van der Waals surface area contributed by atoms with Crippen molar-refractivity contribution in [2.45, 2.75) is 6.54 Å². The molecular weight excluding hydrogens is 376 g/mol. The molecule has 2 aromatic carbocycles. The number of nitrogens with zero attached hydrogens (tertiary/aromatic N) is 1. The summed E-state index contributed by atoms with van der Waals surface area (Å²) in [4.78, 5) is 22.1. The van der Waals surface area contributed by atoms with E-state index in [2.05, 4.69) is 21.2 Å². The first-order valence-electron chi connectivity index (χ1n) is 6.27. The van der Waals surface area contributed by atoms with Gasteiger partial charge in [-0.15, -0.1) is 0 Å². The van der Waals surface area contributed by atoms with E-state index in [0.29, 0.717) is 22.2 Å². The molecule has 6 nitrogen and oxygen atoms in total. The first kappa shape index (κ1) is 17.0. The lowest BCUT2D eigenvalue weighted by atomic mass is 10.1. The molecule has 0 aliphatic rings. The molecule has 0 aliphatic heterocycles. The third kappa shape index (κ3) is 3.51. The van der Waals surface area contributed by atoms with Crippen molar-refractivity contribution in [1.82, 2.24) is 0 Å². The van der Waals surface area contributed by atoms with E-state index in [1.165, 1.54) is 6.07 Å². The number of carbonyl (C=O) groups excluding carboxylic acids is 1. The van der Waals surface area contributed by atoms with E-state index in [1.807, 2.05) is 0 Å². The van der Waals surface area contributed by atoms with Crippen LogP contribution < -0.4 is 11.1 Å². The van der Waals surface area contributed by atoms with Gasteiger partial charge in [0, 0.05) is 28.3 Å². The van der Waals surface area contributed by atoms with E-state index in [9.17, 15) is 23.7 Å². The number of amides is 1. The Kier molecular flexibility index (Phi) is 5.02. The Bertz CT molecular complexity index is 799. The minimum Gasteiger partial charge on any atom is -0.326 e. The van der Waals surface area contributed by atoms with Crippen LogP contribution in [0.2, 0.25) is 0 Å². The summed E-state index contributed by atoms with van der Waals surface area (Å²) in [5.74, 6) is -3.53. The number of hydrogen-bond acceptors (Lipinski definition) is 4. The van der Waals surface area contributed by atoms with E-state index >= 15 is 0 Å². The van der Waals surface area contributed by atoms with Gasteiger partial charge in [-0.25, -0.2) is 4.39 Å². The van der Waals surface area contributed by atoms with Crippen molar-refractivity contribution in [2.24, 2.45) is 5.73 Å². The maximum atomic E-state index is 13.6. The van der Waals surface area contributed by atoms with Crippen LogP contribution >= 0.6 is 15.9 Å². The summed E-state index contributed by atoms with van der Waals surface area (Å²) in [6.07, 6.45) is 0. The van der Waals surface area contributed by atoms with Gasteiger partial charge in [-0.1, -0.05) is 22.0 Å². The zero-order valence-electron chi connectivity index (χ0n) is 11.5. The minimum absolute atomic E-state index is 0.0800. The van der Waals surface area contributed by atoms with Gasteiger partial charge in [0.15, 0.2) is 0 Å². The number of anilines is 1. The van der Waals surface area contributed by atoms with Crippen LogP contribution in [0.5, 0.6) is 0 Å². The maximum absolute atomic E-state index is 13.6. The highest BCUT2D eigenvalue weighted by Crippen LogP contribution is 2.28. The summed E-state index contributed by atoms with van der Waals surface area (Å²) in [5.41, 5.74) is 4.61. The third-order valence-electron chi connectivity index (χ3n) is 3.03. The molecule has 0 spiro atoms. The third-order valence-corrected chi connectivity index (χ3v) is 3.77. The van der Waals surface area contributed by atoms with E-state index in [4.69, 9.17) is 5.73 Å². The Hall–Kier alpha value is -2.39. The highest BCUT2D eigenvalue weighted by molar-refractivity contribution is 9.10. The van der Waals surface area contributed by atoms with Gasteiger partial charge >= 0.3 is 5.69 Å². The average molecular weight is 386 g/mol. The predicted octanol–water partition coefficient (Wildman–Crippen LogP) is 3.35. The molecule has 0 fully saturated rings. The molecule has 0 heterocycles. The number of benzene rings is 2. The van der Waals surface area contributed by atoms with Crippen LogP contribution in [-0.2, 0) is 6.54 Å². The number of carbonyl (C=O) groups is 1. The largest absolute Gasteiger partial charge is 0.326 e. The molecule has 0 unspecified atom stereocenters. The zero-order chi connectivity index (χ0) is 17.1. The van der Waals surface area contributed by atoms with E-state index in [1.54, 1.807) is 12.1 Å². The fraction of sp³-hybridized carbons (Fsp3) is 0.0714. The van der Waals surface area contributed by atoms with Crippen molar-refractivity contribution in [3.8, 4) is 0 Å². The van der Waals surface area contributed by atoms with Gasteiger partial charge in [0.25, 0.3) is 5.91 Å². The van der Waals surface area contributed by atoms with Crippen LogP contribution in [0.4, 0.5) is 20.2 Å². The molecule has 0 bridgehead atoms. The summed E-state index contributed by atoms with van der Waals surface area (Å²) in [6, 6.07) is 5.78. The second-order valence-electron chi connectivity index (χ2n) is 4.47. The lowest BCUT2D eigenvalue weighted by molar-refractivity contribution is -0.387. The summed E-state index contributed by atoms with van der Waals surface area (Å²) >= 11 is 3.25. The van der Waals surface area contributed by atoms with Crippen molar-refractivity contribution >= 4 is 33.2 Å². The van der Waals surface area contributed by atoms with E-state index < -0.39 is 33.7 Å². The number of halogens is 3. The summed E-state index contributed by atoms with van der Waals surface area (Å²) in [6.45, 7) is 0.0800. The number of nitro benzene ring substituents is 1. The molecule has 1 amide bonds. The maximum Gasteiger partial charge on any atom is 0.317 e. The van der Waals surface area contributed by atoms with Gasteiger partial charge in [0.2, 0.25) is 5.82 Å². The molecule has 0 atom stereocenters. The number of nitro groups is 1. The molecule has 23 heavy (non-hydrogen) atoms. The van der Waals surface area contributed by atoms with Crippen LogP contribution in [0.3, 0.4) is 0 Å². The lowest BCUT2D eigenvalue weighted by Crippen LogP contribution is -2.17. The van der Waals surface area contributed by atoms with Crippen molar-refractivity contribution in [1.29, 1.82) is 0 Å². The standard InChI is InChI=1S/C14H10BrF2N3O3/c15-10-2-1-3-12(9(10)6-18)19-14(21)8-4-7(16)5-11(17)13(8)20(22)23/h1-5H,6,18H2,(H,19,21). The van der Waals surface area contributed by atoms with Crippen LogP contribution in [-0.4, -0.2) is 10.8 Å². The molecular formula is C14H10BrF2N3O3. The van der Waals surface area contributed by atoms with Gasteiger partial charge in [-0.05, 0) is 18.2 Å². The van der Waals surface area contributed by atoms with E-state index in [0.717, 1.165) is 0 Å². The SMILES string of the molecule is NCc1c(Br)cccc1NC(=O)c1cc(F)cc(F)c1[N+](=O)[O-]. The van der Waals surface area contributed by atoms with Crippen molar-refractivity contribution < 1.29 is 18.5 Å². The Labute approximate surface area is 137 Å². The smallest absolute Gasteiger partial charge is 0.317 e. The van der Waals surface area contributed by atoms with Crippen LogP contribution in [0, 0.1) is 21.7 Å². The molecule has 3 N–H and O–H groups in total. The van der Waals surface area contributed by atoms with Gasteiger partial charge in [-0.3, -0.25) is 14.9 Å². The quantitative estimate of drug-likeness (QED) is 0.622. The fourth-order valence-electron chi connectivity index (χ4n) is 2.00. The fourth-order valence-corrected chi connectivity index (χ4v) is 2.53. The summed E-state index contributed by atoms with van der Waals surface area (Å²) in [7, 11) is 0. The first-order valence-corrected chi connectivity index (χ1v) is 7.06. The molecule has 2 aromatic rings. The Morgan fingerprint density at radius 3 is 2.65 bits per heavy atom. The van der Waals surface area contributed by atoms with Gasteiger partial charge in [0.1, 0.15) is 11.4 Å². The van der Waals surface area contributed by atoms with Crippen molar-refractivity contribution in [2.75, 3.05) is 5.32 Å². The van der Waals surface area contributed by atoms with Gasteiger partial charge in [-0.2, -0.15) is 4.39 Å². The van der Waals surface area contributed by atoms with Gasteiger partial charge in [0.05, 0.1) is 4.92 Å². The number of nitrogens with two attached hydrogens (primary N) is 1. The normalized spacial score (nSPS) is 10.4. The molecule has 2 rings (SSSR count). The Morgan fingerprint density at radius 2 is 2.04 bits per heavy atom. The molecule has 0 radical (unpaired) electrons. The Morgan fingerprint density at radius 1 is 1.35 bits per heavy atom. The lowest BCUT2D eigenvalue weighted by Gasteiger charge is -2.11. The topological polar surface area (TPSA) is 98.3 Å². The van der Waals surface area contributed by atoms with Crippen LogP contribution in [0.1, 0.15) is 15.9 Å². The number of nitrogens with one attached hydrogen (secondary N) is 1. The molecule has 0 aliphatic carbocycles. The Balaban J connectivity index is 2.47. The highest BCUT2D eigenvalue weighted by atomic mass is 79.9. The summed E-state index contributed by atoms with van der Waals surface area (Å²) in [5, 5.41) is 13.3. The number of hydrogen-bond donors (Lipinski definition) is 2. The second kappa shape index (κ2) is 6.80. The summed E-state index contributed by atoms with van der Waals surface area (Å²) < 4.78 is 27.5. The second-order valence-corrected chi connectivity index (χ2v) is 5.32. The van der Waals surface area contributed by atoms with Crippen LogP contribution in [0.15, 0.2) is 34.8 Å². The van der Waals surface area contributed by atoms with Crippen molar-refractivity contribution in [3.05, 3.63) is 67.7 Å².